The Morgan fingerprint density at radius 2 is 1.74 bits per heavy atom. The van der Waals surface area contributed by atoms with E-state index in [2.05, 4.69) is 11.4 Å². The Labute approximate surface area is 184 Å². The van der Waals surface area contributed by atoms with Crippen molar-refractivity contribution in [3.8, 4) is 5.75 Å². The molecule has 2 heterocycles. The van der Waals surface area contributed by atoms with Crippen LogP contribution in [0.2, 0.25) is 0 Å². The Morgan fingerprint density at radius 1 is 1.00 bits per heavy atom. The summed E-state index contributed by atoms with van der Waals surface area (Å²) in [7, 11) is 0. The first-order valence-corrected chi connectivity index (χ1v) is 11.3. The van der Waals surface area contributed by atoms with Crippen LogP contribution in [0.15, 0.2) is 48.5 Å². The number of hydrogen-bond acceptors (Lipinski definition) is 3. The number of amides is 3. The Hall–Kier alpha value is -3.02. The molecule has 0 saturated carbocycles. The number of likely N-dealkylation sites (tertiary alicyclic amines) is 2. The molecule has 0 unspecified atom stereocenters. The van der Waals surface area contributed by atoms with Gasteiger partial charge in [0.25, 0.3) is 5.91 Å². The largest absolute Gasteiger partial charge is 0.494 e. The van der Waals surface area contributed by atoms with Crippen LogP contribution in [0, 0.1) is 0 Å². The van der Waals surface area contributed by atoms with E-state index in [1.165, 1.54) is 0 Å². The third-order valence-electron chi connectivity index (χ3n) is 6.12. The molecular formula is C25H31N3O3. The average molecular weight is 422 g/mol. The van der Waals surface area contributed by atoms with Crippen LogP contribution in [0.4, 0.5) is 10.5 Å². The van der Waals surface area contributed by atoms with Gasteiger partial charge < -0.3 is 19.9 Å². The number of rotatable bonds is 5. The average Bonchev–Trinajstić information content (AvgIpc) is 3.35. The molecule has 4 rings (SSSR count). The number of hydrogen-bond donors (Lipinski definition) is 1. The van der Waals surface area contributed by atoms with Gasteiger partial charge in [-0.3, -0.25) is 4.79 Å². The smallest absolute Gasteiger partial charge is 0.321 e. The van der Waals surface area contributed by atoms with Gasteiger partial charge in [-0.25, -0.2) is 4.79 Å². The van der Waals surface area contributed by atoms with Gasteiger partial charge in [0.15, 0.2) is 0 Å². The zero-order chi connectivity index (χ0) is 21.6. The van der Waals surface area contributed by atoms with Crippen LogP contribution in [0.3, 0.4) is 0 Å². The number of nitrogens with one attached hydrogen (secondary N) is 1. The van der Waals surface area contributed by atoms with E-state index in [9.17, 15) is 9.59 Å². The molecule has 0 aromatic heterocycles. The number of carbonyl (C=O) groups is 2. The fourth-order valence-corrected chi connectivity index (χ4v) is 4.47. The molecule has 2 aromatic carbocycles. The zero-order valence-electron chi connectivity index (χ0n) is 18.2. The second-order valence-corrected chi connectivity index (χ2v) is 8.30. The highest BCUT2D eigenvalue weighted by Gasteiger charge is 2.26. The summed E-state index contributed by atoms with van der Waals surface area (Å²) < 4.78 is 5.45. The van der Waals surface area contributed by atoms with Crippen LogP contribution < -0.4 is 10.1 Å². The molecule has 2 aliphatic heterocycles. The third-order valence-corrected chi connectivity index (χ3v) is 6.12. The second-order valence-electron chi connectivity index (χ2n) is 8.30. The molecule has 0 radical (unpaired) electrons. The van der Waals surface area contributed by atoms with E-state index in [0.717, 1.165) is 67.9 Å². The summed E-state index contributed by atoms with van der Waals surface area (Å²) in [6.45, 7) is 5.67. The molecule has 1 atom stereocenters. The van der Waals surface area contributed by atoms with E-state index in [0.29, 0.717) is 13.2 Å². The maximum Gasteiger partial charge on any atom is 0.321 e. The number of ether oxygens (including phenoxy) is 1. The molecule has 3 amide bonds. The summed E-state index contributed by atoms with van der Waals surface area (Å²) in [6.07, 6.45) is 4.15. The van der Waals surface area contributed by atoms with Crippen molar-refractivity contribution in [3.05, 3.63) is 59.7 Å². The van der Waals surface area contributed by atoms with Crippen molar-refractivity contribution in [1.82, 2.24) is 9.80 Å². The minimum atomic E-state index is -0.0850. The molecule has 0 aliphatic carbocycles. The van der Waals surface area contributed by atoms with E-state index >= 15 is 0 Å². The Bertz CT molecular complexity index is 906. The lowest BCUT2D eigenvalue weighted by atomic mass is 9.89. The molecule has 1 N–H and O–H groups in total. The van der Waals surface area contributed by atoms with Crippen molar-refractivity contribution in [2.24, 2.45) is 0 Å². The molecule has 2 saturated heterocycles. The summed E-state index contributed by atoms with van der Waals surface area (Å²) in [4.78, 5) is 29.4. The van der Waals surface area contributed by atoms with Crippen molar-refractivity contribution in [2.75, 3.05) is 38.1 Å². The molecule has 31 heavy (non-hydrogen) atoms. The van der Waals surface area contributed by atoms with Crippen LogP contribution in [-0.4, -0.2) is 54.5 Å². The molecule has 164 valence electrons. The van der Waals surface area contributed by atoms with E-state index < -0.39 is 0 Å². The second kappa shape index (κ2) is 9.86. The quantitative estimate of drug-likeness (QED) is 0.759. The van der Waals surface area contributed by atoms with Gasteiger partial charge in [0.1, 0.15) is 5.75 Å². The molecule has 2 aromatic rings. The van der Waals surface area contributed by atoms with E-state index in [1.54, 1.807) is 0 Å². The summed E-state index contributed by atoms with van der Waals surface area (Å²) in [5.41, 5.74) is 2.66. The van der Waals surface area contributed by atoms with Crippen molar-refractivity contribution in [3.63, 3.8) is 0 Å². The lowest BCUT2D eigenvalue weighted by Crippen LogP contribution is -2.41. The van der Waals surface area contributed by atoms with Crippen molar-refractivity contribution in [1.29, 1.82) is 0 Å². The van der Waals surface area contributed by atoms with E-state index in [-0.39, 0.29) is 17.9 Å². The molecule has 0 bridgehead atoms. The standard InChI is InChI=1S/C25H31N3O3/c1-2-31-23-12-10-22(11-13-23)26-25(30)28-16-6-9-21(18-28)19-7-5-8-20(17-19)24(29)27-14-3-4-15-27/h5,7-8,10-13,17,21H,2-4,6,9,14-16,18H2,1H3,(H,26,30)/t21-/m1/s1. The first-order valence-electron chi connectivity index (χ1n) is 11.3. The lowest BCUT2D eigenvalue weighted by molar-refractivity contribution is 0.0792. The van der Waals surface area contributed by atoms with Crippen molar-refractivity contribution in [2.45, 2.75) is 38.5 Å². The highest BCUT2D eigenvalue weighted by Crippen LogP contribution is 2.28. The molecule has 6 nitrogen and oxygen atoms in total. The van der Waals surface area contributed by atoms with Crippen molar-refractivity contribution >= 4 is 17.6 Å². The minimum Gasteiger partial charge on any atom is -0.494 e. The van der Waals surface area contributed by atoms with E-state index in [4.69, 9.17) is 4.74 Å². The Balaban J connectivity index is 1.39. The van der Waals surface area contributed by atoms with Gasteiger partial charge in [-0.1, -0.05) is 12.1 Å². The SMILES string of the molecule is CCOc1ccc(NC(=O)N2CCC[C@@H](c3cccc(C(=O)N4CCCC4)c3)C2)cc1. The van der Waals surface area contributed by atoms with Gasteiger partial charge in [-0.05, 0) is 74.6 Å². The van der Waals surface area contributed by atoms with E-state index in [1.807, 2.05) is 59.2 Å². The number of anilines is 1. The van der Waals surface area contributed by atoms with Crippen LogP contribution in [0.5, 0.6) is 5.75 Å². The topological polar surface area (TPSA) is 61.9 Å². The van der Waals surface area contributed by atoms with Crippen molar-refractivity contribution < 1.29 is 14.3 Å². The summed E-state index contributed by atoms with van der Waals surface area (Å²) in [5, 5.41) is 2.99. The highest BCUT2D eigenvalue weighted by atomic mass is 16.5. The number of urea groups is 1. The van der Waals surface area contributed by atoms with Crippen LogP contribution in [-0.2, 0) is 0 Å². The predicted octanol–water partition coefficient (Wildman–Crippen LogP) is 4.73. The predicted molar refractivity (Wildman–Crippen MR) is 122 cm³/mol. The van der Waals surface area contributed by atoms with Gasteiger partial charge >= 0.3 is 6.03 Å². The Morgan fingerprint density at radius 3 is 2.48 bits per heavy atom. The molecule has 2 aliphatic rings. The van der Waals surface area contributed by atoms with Crippen LogP contribution in [0.1, 0.15) is 54.4 Å². The molecule has 0 spiro atoms. The first-order chi connectivity index (χ1) is 15.1. The minimum absolute atomic E-state index is 0.0850. The number of carbonyl (C=O) groups excluding carboxylic acids is 2. The fraction of sp³-hybridized carbons (Fsp3) is 0.440. The van der Waals surface area contributed by atoms with Crippen LogP contribution >= 0.6 is 0 Å². The molecule has 6 heteroatoms. The normalized spacial score (nSPS) is 18.7. The van der Waals surface area contributed by atoms with Gasteiger partial charge in [-0.2, -0.15) is 0 Å². The zero-order valence-corrected chi connectivity index (χ0v) is 18.2. The molecule has 2 fully saturated rings. The van der Waals surface area contributed by atoms with Gasteiger partial charge in [-0.15, -0.1) is 0 Å². The summed E-state index contributed by atoms with van der Waals surface area (Å²) in [6, 6.07) is 15.3. The number of piperidine rings is 1. The highest BCUT2D eigenvalue weighted by molar-refractivity contribution is 5.94. The Kier molecular flexibility index (Phi) is 6.75. The summed E-state index contributed by atoms with van der Waals surface area (Å²) >= 11 is 0. The van der Waals surface area contributed by atoms with Crippen LogP contribution in [0.25, 0.3) is 0 Å². The lowest BCUT2D eigenvalue weighted by Gasteiger charge is -2.33. The fourth-order valence-electron chi connectivity index (χ4n) is 4.47. The maximum atomic E-state index is 12.8. The van der Waals surface area contributed by atoms with Gasteiger partial charge in [0.05, 0.1) is 6.61 Å². The number of benzene rings is 2. The van der Waals surface area contributed by atoms with Gasteiger partial charge in [0, 0.05) is 43.3 Å². The monoisotopic (exact) mass is 421 g/mol. The first kappa shape index (κ1) is 21.2. The third kappa shape index (κ3) is 5.19. The number of nitrogens with zero attached hydrogens (tertiary/aromatic N) is 2. The van der Waals surface area contributed by atoms with Gasteiger partial charge in [0.2, 0.25) is 0 Å². The summed E-state index contributed by atoms with van der Waals surface area (Å²) in [5.74, 6) is 1.16. The maximum absolute atomic E-state index is 12.8. The molecular weight excluding hydrogens is 390 g/mol.